The molecule has 0 saturated carbocycles. The molecule has 158 valence electrons. The predicted octanol–water partition coefficient (Wildman–Crippen LogP) is 2.60. The van der Waals surface area contributed by atoms with E-state index in [0.717, 1.165) is 5.69 Å². The number of carbonyl (C=O) groups excluding carboxylic acids is 2. The molecule has 0 unspecified atom stereocenters. The maximum absolute atomic E-state index is 13.0. The highest BCUT2D eigenvalue weighted by molar-refractivity contribution is 5.95. The summed E-state index contributed by atoms with van der Waals surface area (Å²) in [4.78, 5) is 30.9. The first-order valence-corrected chi connectivity index (χ1v) is 10.0. The lowest BCUT2D eigenvalue weighted by Crippen LogP contribution is -2.51. The van der Waals surface area contributed by atoms with E-state index in [4.69, 9.17) is 0 Å². The lowest BCUT2D eigenvalue weighted by atomic mass is 10.2. The second-order valence-electron chi connectivity index (χ2n) is 7.24. The molecule has 1 aliphatic rings. The van der Waals surface area contributed by atoms with Gasteiger partial charge in [-0.3, -0.25) is 19.4 Å². The van der Waals surface area contributed by atoms with Gasteiger partial charge < -0.3 is 10.2 Å². The third-order valence-electron chi connectivity index (χ3n) is 5.00. The second-order valence-corrected chi connectivity index (χ2v) is 7.24. The molecule has 0 bridgehead atoms. The molecular formula is C23H27FN4O2. The molecule has 0 atom stereocenters. The van der Waals surface area contributed by atoms with Crippen LogP contribution in [0.5, 0.6) is 0 Å². The standard InChI is InChI=1S/C23H27FN4O2/c1-2-12-28(21-6-4-3-5-7-21)23(30)18-27-15-13-26(14-16-27)17-22(29)25-20-10-8-19(24)9-11-20/h2-11H,1,12-18H2,(H,25,29). The number of rotatable bonds is 8. The lowest BCUT2D eigenvalue weighted by Gasteiger charge is -2.35. The molecule has 0 aromatic heterocycles. The minimum atomic E-state index is -0.336. The van der Waals surface area contributed by atoms with Crippen LogP contribution >= 0.6 is 0 Å². The molecule has 0 radical (unpaired) electrons. The molecule has 2 aromatic rings. The van der Waals surface area contributed by atoms with Gasteiger partial charge in [-0.2, -0.15) is 0 Å². The van der Waals surface area contributed by atoms with Crippen LogP contribution in [0.15, 0.2) is 67.3 Å². The summed E-state index contributed by atoms with van der Waals surface area (Å²) in [5.41, 5.74) is 1.44. The van der Waals surface area contributed by atoms with Gasteiger partial charge in [0.25, 0.3) is 0 Å². The summed E-state index contributed by atoms with van der Waals surface area (Å²) in [6, 6.07) is 15.3. The van der Waals surface area contributed by atoms with Crippen molar-refractivity contribution >= 4 is 23.2 Å². The molecule has 7 heteroatoms. The first-order valence-electron chi connectivity index (χ1n) is 10.0. The Kier molecular flexibility index (Phi) is 7.70. The molecule has 0 aliphatic carbocycles. The molecule has 2 amide bonds. The number of halogens is 1. The molecule has 1 fully saturated rings. The SMILES string of the molecule is C=CCN(C(=O)CN1CCN(CC(=O)Nc2ccc(F)cc2)CC1)c1ccccc1. The van der Waals surface area contributed by atoms with Crippen molar-refractivity contribution in [3.63, 3.8) is 0 Å². The van der Waals surface area contributed by atoms with Crippen LogP contribution in [0.3, 0.4) is 0 Å². The molecular weight excluding hydrogens is 383 g/mol. The third kappa shape index (κ3) is 6.23. The summed E-state index contributed by atoms with van der Waals surface area (Å²) in [5.74, 6) is -0.437. The Labute approximate surface area is 176 Å². The first kappa shape index (κ1) is 21.7. The largest absolute Gasteiger partial charge is 0.325 e. The van der Waals surface area contributed by atoms with E-state index >= 15 is 0 Å². The zero-order valence-corrected chi connectivity index (χ0v) is 17.0. The average molecular weight is 410 g/mol. The van der Waals surface area contributed by atoms with Crippen LogP contribution in [0.4, 0.5) is 15.8 Å². The number of amides is 2. The smallest absolute Gasteiger partial charge is 0.241 e. The van der Waals surface area contributed by atoms with E-state index in [9.17, 15) is 14.0 Å². The number of carbonyl (C=O) groups is 2. The second kappa shape index (κ2) is 10.7. The summed E-state index contributed by atoms with van der Waals surface area (Å²) in [7, 11) is 0. The number of piperazine rings is 1. The summed E-state index contributed by atoms with van der Waals surface area (Å²) >= 11 is 0. The van der Waals surface area contributed by atoms with E-state index < -0.39 is 0 Å². The van der Waals surface area contributed by atoms with Gasteiger partial charge in [0.15, 0.2) is 0 Å². The lowest BCUT2D eigenvalue weighted by molar-refractivity contribution is -0.121. The van der Waals surface area contributed by atoms with Crippen molar-refractivity contribution < 1.29 is 14.0 Å². The van der Waals surface area contributed by atoms with Gasteiger partial charge in [0, 0.05) is 44.1 Å². The summed E-state index contributed by atoms with van der Waals surface area (Å²) in [6.45, 7) is 7.66. The van der Waals surface area contributed by atoms with Crippen LogP contribution in [-0.4, -0.2) is 67.4 Å². The van der Waals surface area contributed by atoms with Gasteiger partial charge in [0.05, 0.1) is 13.1 Å². The minimum absolute atomic E-state index is 0.0311. The molecule has 3 rings (SSSR count). The molecule has 30 heavy (non-hydrogen) atoms. The zero-order valence-electron chi connectivity index (χ0n) is 17.0. The fraction of sp³-hybridized carbons (Fsp3) is 0.304. The molecule has 1 saturated heterocycles. The van der Waals surface area contributed by atoms with E-state index in [-0.39, 0.29) is 24.2 Å². The van der Waals surface area contributed by atoms with Crippen LogP contribution in [0.25, 0.3) is 0 Å². The summed E-state index contributed by atoms with van der Waals surface area (Å²) in [6.07, 6.45) is 1.72. The van der Waals surface area contributed by atoms with Gasteiger partial charge in [0.2, 0.25) is 11.8 Å². The Bertz CT molecular complexity index is 849. The van der Waals surface area contributed by atoms with E-state index in [1.54, 1.807) is 23.1 Å². The van der Waals surface area contributed by atoms with Crippen molar-refractivity contribution in [3.05, 3.63) is 73.1 Å². The molecule has 1 N–H and O–H groups in total. The molecule has 1 aliphatic heterocycles. The van der Waals surface area contributed by atoms with E-state index in [2.05, 4.69) is 21.7 Å². The quantitative estimate of drug-likeness (QED) is 0.680. The van der Waals surface area contributed by atoms with Crippen LogP contribution in [-0.2, 0) is 9.59 Å². The number of anilines is 2. The number of hydrogen-bond donors (Lipinski definition) is 1. The Hall–Kier alpha value is -3.03. The fourth-order valence-electron chi connectivity index (χ4n) is 3.41. The minimum Gasteiger partial charge on any atom is -0.325 e. The monoisotopic (exact) mass is 410 g/mol. The van der Waals surface area contributed by atoms with Crippen molar-refractivity contribution in [2.24, 2.45) is 0 Å². The van der Waals surface area contributed by atoms with Crippen molar-refractivity contribution in [1.29, 1.82) is 0 Å². The summed E-state index contributed by atoms with van der Waals surface area (Å²) < 4.78 is 13.0. The summed E-state index contributed by atoms with van der Waals surface area (Å²) in [5, 5.41) is 2.78. The van der Waals surface area contributed by atoms with Gasteiger partial charge in [-0.15, -0.1) is 6.58 Å². The van der Waals surface area contributed by atoms with Crippen molar-refractivity contribution in [2.75, 3.05) is 56.0 Å². The van der Waals surface area contributed by atoms with Crippen LogP contribution in [0, 0.1) is 5.82 Å². The highest BCUT2D eigenvalue weighted by Crippen LogP contribution is 2.14. The van der Waals surface area contributed by atoms with Crippen molar-refractivity contribution in [2.45, 2.75) is 0 Å². The Morgan fingerprint density at radius 3 is 2.17 bits per heavy atom. The molecule has 6 nitrogen and oxygen atoms in total. The van der Waals surface area contributed by atoms with Crippen LogP contribution < -0.4 is 10.2 Å². The van der Waals surface area contributed by atoms with Gasteiger partial charge in [-0.1, -0.05) is 24.3 Å². The van der Waals surface area contributed by atoms with Crippen LogP contribution in [0.1, 0.15) is 0 Å². The van der Waals surface area contributed by atoms with Gasteiger partial charge >= 0.3 is 0 Å². The Morgan fingerprint density at radius 1 is 0.967 bits per heavy atom. The number of para-hydroxylation sites is 1. The van der Waals surface area contributed by atoms with Crippen molar-refractivity contribution in [1.82, 2.24) is 9.80 Å². The van der Waals surface area contributed by atoms with E-state index in [1.165, 1.54) is 12.1 Å². The van der Waals surface area contributed by atoms with Gasteiger partial charge in [0.1, 0.15) is 5.82 Å². The van der Waals surface area contributed by atoms with E-state index in [0.29, 0.717) is 45.0 Å². The Morgan fingerprint density at radius 2 is 1.57 bits per heavy atom. The fourth-order valence-corrected chi connectivity index (χ4v) is 3.41. The molecule has 0 spiro atoms. The number of nitrogens with zero attached hydrogens (tertiary/aromatic N) is 3. The van der Waals surface area contributed by atoms with Crippen molar-refractivity contribution in [3.8, 4) is 0 Å². The number of hydrogen-bond acceptors (Lipinski definition) is 4. The van der Waals surface area contributed by atoms with Gasteiger partial charge in [-0.25, -0.2) is 4.39 Å². The topological polar surface area (TPSA) is 55.9 Å². The third-order valence-corrected chi connectivity index (χ3v) is 5.00. The zero-order chi connectivity index (χ0) is 21.3. The van der Waals surface area contributed by atoms with E-state index in [1.807, 2.05) is 30.3 Å². The highest BCUT2D eigenvalue weighted by Gasteiger charge is 2.23. The molecule has 2 aromatic carbocycles. The maximum atomic E-state index is 13.0. The highest BCUT2D eigenvalue weighted by atomic mass is 19.1. The average Bonchev–Trinajstić information content (AvgIpc) is 2.75. The Balaban J connectivity index is 1.45. The normalized spacial score (nSPS) is 14.8. The first-order chi connectivity index (χ1) is 14.5. The number of nitrogens with one attached hydrogen (secondary N) is 1. The van der Waals surface area contributed by atoms with Crippen LogP contribution in [0.2, 0.25) is 0 Å². The maximum Gasteiger partial charge on any atom is 0.241 e. The van der Waals surface area contributed by atoms with Gasteiger partial charge in [-0.05, 0) is 36.4 Å². The molecule has 1 heterocycles. The predicted molar refractivity (Wildman–Crippen MR) is 117 cm³/mol. The number of benzene rings is 2.